The van der Waals surface area contributed by atoms with Crippen molar-refractivity contribution in [1.29, 1.82) is 5.26 Å². The van der Waals surface area contributed by atoms with Crippen molar-refractivity contribution >= 4 is 23.3 Å². The lowest BCUT2D eigenvalue weighted by Gasteiger charge is -2.09. The summed E-state index contributed by atoms with van der Waals surface area (Å²) >= 11 is 0. The number of anilines is 1. The molecular formula is C19H17N3O6. The van der Waals surface area contributed by atoms with Crippen molar-refractivity contribution in [1.82, 2.24) is 0 Å². The minimum absolute atomic E-state index is 0.0641. The first kappa shape index (κ1) is 20.4. The largest absolute Gasteiger partial charge is 0.496 e. The molecule has 0 fully saturated rings. The van der Waals surface area contributed by atoms with E-state index in [9.17, 15) is 19.7 Å². The van der Waals surface area contributed by atoms with E-state index in [0.29, 0.717) is 12.2 Å². The van der Waals surface area contributed by atoms with Gasteiger partial charge in [0.05, 0.1) is 23.3 Å². The molecule has 2 rings (SSSR count). The van der Waals surface area contributed by atoms with Gasteiger partial charge in [0.1, 0.15) is 11.8 Å². The zero-order valence-electron chi connectivity index (χ0n) is 15.0. The van der Waals surface area contributed by atoms with E-state index < -0.39 is 23.4 Å². The summed E-state index contributed by atoms with van der Waals surface area (Å²) in [5.74, 6) is -0.559. The van der Waals surface area contributed by atoms with E-state index >= 15 is 0 Å². The van der Waals surface area contributed by atoms with Gasteiger partial charge in [0, 0.05) is 18.6 Å². The number of hydrogen-bond acceptors (Lipinski definition) is 7. The Balaban J connectivity index is 1.86. The molecule has 0 aromatic heterocycles. The van der Waals surface area contributed by atoms with Crippen LogP contribution >= 0.6 is 0 Å². The Hall–Kier alpha value is -3.93. The molecule has 0 atom stereocenters. The van der Waals surface area contributed by atoms with Crippen LogP contribution in [-0.2, 0) is 20.7 Å². The van der Waals surface area contributed by atoms with E-state index in [-0.39, 0.29) is 23.4 Å². The zero-order chi connectivity index (χ0) is 20.5. The van der Waals surface area contributed by atoms with Gasteiger partial charge >= 0.3 is 5.97 Å². The molecule has 144 valence electrons. The van der Waals surface area contributed by atoms with Crippen LogP contribution in [0.15, 0.2) is 42.5 Å². The van der Waals surface area contributed by atoms with Crippen LogP contribution in [0, 0.1) is 21.4 Å². The fourth-order valence-corrected chi connectivity index (χ4v) is 2.40. The van der Waals surface area contributed by atoms with Crippen LogP contribution in [0.2, 0.25) is 0 Å². The molecule has 0 aliphatic carbocycles. The second-order valence-electron chi connectivity index (χ2n) is 5.62. The summed E-state index contributed by atoms with van der Waals surface area (Å²) in [6.07, 6.45) is 0.458. The predicted molar refractivity (Wildman–Crippen MR) is 98.7 cm³/mol. The molecule has 1 amide bonds. The number of nitrogens with zero attached hydrogens (tertiary/aromatic N) is 2. The maximum Gasteiger partial charge on any atom is 0.306 e. The van der Waals surface area contributed by atoms with Crippen LogP contribution in [0.4, 0.5) is 11.4 Å². The van der Waals surface area contributed by atoms with Crippen molar-refractivity contribution in [2.75, 3.05) is 19.0 Å². The monoisotopic (exact) mass is 383 g/mol. The fraction of sp³-hybridized carbons (Fsp3) is 0.211. The van der Waals surface area contributed by atoms with Crippen molar-refractivity contribution in [2.24, 2.45) is 0 Å². The highest BCUT2D eigenvalue weighted by Crippen LogP contribution is 2.21. The van der Waals surface area contributed by atoms with Gasteiger partial charge in [-0.3, -0.25) is 19.7 Å². The Morgan fingerprint density at radius 3 is 2.68 bits per heavy atom. The highest BCUT2D eigenvalue weighted by molar-refractivity contribution is 5.94. The van der Waals surface area contributed by atoms with Crippen LogP contribution in [0.25, 0.3) is 0 Å². The lowest BCUT2D eigenvalue weighted by Crippen LogP contribution is -2.21. The smallest absolute Gasteiger partial charge is 0.306 e. The topological polar surface area (TPSA) is 132 Å². The molecule has 0 spiro atoms. The summed E-state index contributed by atoms with van der Waals surface area (Å²) in [7, 11) is 1.54. The molecule has 28 heavy (non-hydrogen) atoms. The third-order valence-electron chi connectivity index (χ3n) is 3.76. The fourth-order valence-electron chi connectivity index (χ4n) is 2.40. The Bertz CT molecular complexity index is 936. The standard InChI is InChI=1S/C19H17N3O6/c1-27-17-5-3-2-4-13(17)6-9-19(24)28-12-18(23)21-16-8-7-15(22(25)26)10-14(16)11-20/h2-5,7-8,10H,6,9,12H2,1H3,(H,21,23). The second kappa shape index (κ2) is 9.68. The SMILES string of the molecule is COc1ccccc1CCC(=O)OCC(=O)Nc1ccc([N+](=O)[O-])cc1C#N. The molecule has 0 aliphatic heterocycles. The lowest BCUT2D eigenvalue weighted by molar-refractivity contribution is -0.384. The number of non-ortho nitro benzene ring substituents is 1. The first-order valence-electron chi connectivity index (χ1n) is 8.20. The molecule has 2 aromatic carbocycles. The number of nitro benzene ring substituents is 1. The Morgan fingerprint density at radius 2 is 2.00 bits per heavy atom. The summed E-state index contributed by atoms with van der Waals surface area (Å²) < 4.78 is 10.1. The van der Waals surface area contributed by atoms with Gasteiger partial charge < -0.3 is 14.8 Å². The number of ether oxygens (including phenoxy) is 2. The first-order valence-corrected chi connectivity index (χ1v) is 8.20. The number of amides is 1. The van der Waals surface area contributed by atoms with E-state index in [1.807, 2.05) is 18.2 Å². The molecule has 0 radical (unpaired) electrons. The van der Waals surface area contributed by atoms with Crippen LogP contribution < -0.4 is 10.1 Å². The molecule has 0 aliphatic rings. The van der Waals surface area contributed by atoms with Crippen molar-refractivity contribution < 1.29 is 24.0 Å². The minimum Gasteiger partial charge on any atom is -0.496 e. The highest BCUT2D eigenvalue weighted by atomic mass is 16.6. The summed E-state index contributed by atoms with van der Waals surface area (Å²) in [6.45, 7) is -0.535. The number of nitrogens with one attached hydrogen (secondary N) is 1. The number of carbonyl (C=O) groups is 2. The zero-order valence-corrected chi connectivity index (χ0v) is 15.0. The van der Waals surface area contributed by atoms with Crippen molar-refractivity contribution in [2.45, 2.75) is 12.8 Å². The maximum atomic E-state index is 11.9. The highest BCUT2D eigenvalue weighted by Gasteiger charge is 2.14. The number of nitro groups is 1. The van der Waals surface area contributed by atoms with E-state index in [1.54, 1.807) is 12.1 Å². The Morgan fingerprint density at radius 1 is 1.25 bits per heavy atom. The third-order valence-corrected chi connectivity index (χ3v) is 3.76. The summed E-state index contributed by atoms with van der Waals surface area (Å²) in [4.78, 5) is 33.9. The van der Waals surface area contributed by atoms with E-state index in [1.165, 1.54) is 13.2 Å². The number of para-hydroxylation sites is 1. The molecule has 9 nitrogen and oxygen atoms in total. The number of nitriles is 1. The molecule has 0 saturated heterocycles. The van der Waals surface area contributed by atoms with Crippen LogP contribution in [0.3, 0.4) is 0 Å². The number of hydrogen-bond donors (Lipinski definition) is 1. The van der Waals surface area contributed by atoms with Crippen molar-refractivity contribution in [3.05, 3.63) is 63.7 Å². The molecule has 9 heteroatoms. The minimum atomic E-state index is -0.656. The van der Waals surface area contributed by atoms with Gasteiger partial charge in [0.25, 0.3) is 11.6 Å². The number of aryl methyl sites for hydroxylation is 1. The van der Waals surface area contributed by atoms with Gasteiger partial charge in [0.15, 0.2) is 6.61 Å². The number of esters is 1. The van der Waals surface area contributed by atoms with Crippen LogP contribution in [-0.4, -0.2) is 30.5 Å². The van der Waals surface area contributed by atoms with Gasteiger partial charge in [-0.15, -0.1) is 0 Å². The Labute approximate surface area is 160 Å². The predicted octanol–water partition coefficient (Wildman–Crippen LogP) is 2.59. The van der Waals surface area contributed by atoms with Gasteiger partial charge in [-0.05, 0) is 24.1 Å². The second-order valence-corrected chi connectivity index (χ2v) is 5.62. The first-order chi connectivity index (χ1) is 13.4. The average molecular weight is 383 g/mol. The average Bonchev–Trinajstić information content (AvgIpc) is 2.70. The molecule has 0 bridgehead atoms. The summed E-state index contributed by atoms with van der Waals surface area (Å²) in [6, 6.07) is 12.5. The van der Waals surface area contributed by atoms with Gasteiger partial charge in [0.2, 0.25) is 0 Å². The van der Waals surface area contributed by atoms with Crippen molar-refractivity contribution in [3.8, 4) is 11.8 Å². The van der Waals surface area contributed by atoms with Gasteiger partial charge in [-0.2, -0.15) is 5.26 Å². The van der Waals surface area contributed by atoms with E-state index in [2.05, 4.69) is 5.32 Å². The van der Waals surface area contributed by atoms with E-state index in [4.69, 9.17) is 14.7 Å². The molecule has 2 aromatic rings. The van der Waals surface area contributed by atoms with Crippen LogP contribution in [0.5, 0.6) is 5.75 Å². The molecule has 0 saturated carbocycles. The number of carbonyl (C=O) groups excluding carboxylic acids is 2. The molecule has 0 heterocycles. The lowest BCUT2D eigenvalue weighted by atomic mass is 10.1. The molecule has 1 N–H and O–H groups in total. The van der Waals surface area contributed by atoms with Crippen molar-refractivity contribution in [3.63, 3.8) is 0 Å². The summed E-state index contributed by atoms with van der Waals surface area (Å²) in [5.41, 5.74) is 0.612. The number of methoxy groups -OCH3 is 1. The van der Waals surface area contributed by atoms with Gasteiger partial charge in [-0.25, -0.2) is 0 Å². The van der Waals surface area contributed by atoms with Gasteiger partial charge in [-0.1, -0.05) is 18.2 Å². The Kier molecular flexibility index (Phi) is 7.05. The van der Waals surface area contributed by atoms with E-state index in [0.717, 1.165) is 17.7 Å². The normalized spacial score (nSPS) is 9.86. The van der Waals surface area contributed by atoms with Crippen LogP contribution in [0.1, 0.15) is 17.5 Å². The third kappa shape index (κ3) is 5.54. The number of benzene rings is 2. The number of rotatable bonds is 8. The molecular weight excluding hydrogens is 366 g/mol. The maximum absolute atomic E-state index is 11.9. The quantitative estimate of drug-likeness (QED) is 0.421. The molecule has 0 unspecified atom stereocenters. The summed E-state index contributed by atoms with van der Waals surface area (Å²) in [5, 5.41) is 22.2.